The van der Waals surface area contributed by atoms with Gasteiger partial charge in [0.25, 0.3) is 5.91 Å². The highest BCUT2D eigenvalue weighted by atomic mass is 35.5. The van der Waals surface area contributed by atoms with E-state index in [0.29, 0.717) is 23.8 Å². The summed E-state index contributed by atoms with van der Waals surface area (Å²) in [6.45, 7) is 2.50. The summed E-state index contributed by atoms with van der Waals surface area (Å²) in [6.07, 6.45) is 4.48. The van der Waals surface area contributed by atoms with Gasteiger partial charge in [-0.2, -0.15) is 5.10 Å². The molecule has 0 unspecified atom stereocenters. The van der Waals surface area contributed by atoms with Gasteiger partial charge < -0.3 is 14.9 Å². The largest absolute Gasteiger partial charge is 0.396 e. The van der Waals surface area contributed by atoms with Crippen molar-refractivity contribution < 1.29 is 9.90 Å². The van der Waals surface area contributed by atoms with Gasteiger partial charge in [0.1, 0.15) is 5.69 Å². The smallest absolute Gasteiger partial charge is 0.273 e. The summed E-state index contributed by atoms with van der Waals surface area (Å²) in [5, 5.41) is 14.4. The van der Waals surface area contributed by atoms with E-state index in [1.807, 2.05) is 4.90 Å². The number of fused-ring (bicyclic) bond motifs is 1. The molecule has 0 saturated carbocycles. The number of aliphatic hydroxyl groups excluding tert-OH is 1. The van der Waals surface area contributed by atoms with Crippen molar-refractivity contribution in [3.63, 3.8) is 0 Å². The average molecular weight is 327 g/mol. The predicted octanol–water partition coefficient (Wildman–Crippen LogP) is 0.992. The molecule has 2 saturated heterocycles. The highest BCUT2D eigenvalue weighted by Crippen LogP contribution is 2.41. The lowest BCUT2D eigenvalue weighted by molar-refractivity contribution is -0.0602. The Balaban J connectivity index is 1.82. The van der Waals surface area contributed by atoms with Gasteiger partial charge in [-0.1, -0.05) is 11.6 Å². The normalized spacial score (nSPS) is 29.5. The minimum atomic E-state index is -0.0736. The minimum Gasteiger partial charge on any atom is -0.396 e. The van der Waals surface area contributed by atoms with E-state index >= 15 is 0 Å². The summed E-state index contributed by atoms with van der Waals surface area (Å²) in [5.41, 5.74) is 0.372. The molecule has 0 aromatic carbocycles. The zero-order valence-corrected chi connectivity index (χ0v) is 13.9. The summed E-state index contributed by atoms with van der Waals surface area (Å²) in [4.78, 5) is 16.9. The van der Waals surface area contributed by atoms with Crippen LogP contribution in [-0.4, -0.2) is 69.9 Å². The Hall–Kier alpha value is -1.11. The standard InChI is InChI=1S/C15H23ClN4O2/c1-18-6-3-4-15(10-21)5-7-20(9-12(15)18)14(22)13-11(16)8-17-19(13)2/h8,12,21H,3-7,9-10H2,1-2H3/t12-,15-/m1/s1. The lowest BCUT2D eigenvalue weighted by Gasteiger charge is -2.53. The lowest BCUT2D eigenvalue weighted by atomic mass is 9.69. The molecule has 1 N–H and O–H groups in total. The molecule has 0 radical (unpaired) electrons. The second kappa shape index (κ2) is 5.83. The Morgan fingerprint density at radius 3 is 2.86 bits per heavy atom. The fourth-order valence-corrected chi connectivity index (χ4v) is 4.25. The number of piperidine rings is 2. The Kier molecular flexibility index (Phi) is 4.18. The molecule has 3 rings (SSSR count). The number of aromatic nitrogens is 2. The summed E-state index contributed by atoms with van der Waals surface area (Å²) in [5.74, 6) is -0.0736. The van der Waals surface area contributed by atoms with Crippen molar-refractivity contribution in [3.8, 4) is 0 Å². The van der Waals surface area contributed by atoms with Crippen LogP contribution in [0.25, 0.3) is 0 Å². The molecule has 0 aliphatic carbocycles. The third kappa shape index (κ3) is 2.43. The van der Waals surface area contributed by atoms with Crippen LogP contribution in [0, 0.1) is 5.41 Å². The number of carbonyl (C=O) groups is 1. The van der Waals surface area contributed by atoms with Crippen molar-refractivity contribution >= 4 is 17.5 Å². The maximum Gasteiger partial charge on any atom is 0.273 e. The molecule has 122 valence electrons. The van der Waals surface area contributed by atoms with Gasteiger partial charge in [-0.25, -0.2) is 0 Å². The molecule has 1 aromatic heterocycles. The molecular weight excluding hydrogens is 304 g/mol. The van der Waals surface area contributed by atoms with E-state index in [9.17, 15) is 9.90 Å². The van der Waals surface area contributed by atoms with Crippen molar-refractivity contribution in [1.29, 1.82) is 0 Å². The lowest BCUT2D eigenvalue weighted by Crippen LogP contribution is -2.62. The van der Waals surface area contributed by atoms with Crippen molar-refractivity contribution in [1.82, 2.24) is 19.6 Å². The van der Waals surface area contributed by atoms with Gasteiger partial charge in [0.15, 0.2) is 0 Å². The van der Waals surface area contributed by atoms with E-state index in [0.717, 1.165) is 25.8 Å². The molecule has 1 aromatic rings. The van der Waals surface area contributed by atoms with Crippen LogP contribution >= 0.6 is 11.6 Å². The molecule has 2 atom stereocenters. The second-order valence-electron chi connectivity index (χ2n) is 6.59. The molecule has 7 heteroatoms. The van der Waals surface area contributed by atoms with Crippen molar-refractivity contribution in [2.24, 2.45) is 12.5 Å². The minimum absolute atomic E-state index is 0.0694. The van der Waals surface area contributed by atoms with E-state index in [-0.39, 0.29) is 24.0 Å². The van der Waals surface area contributed by atoms with Crippen LogP contribution in [0.15, 0.2) is 6.20 Å². The highest BCUT2D eigenvalue weighted by Gasteiger charge is 2.47. The molecule has 22 heavy (non-hydrogen) atoms. The molecule has 2 fully saturated rings. The number of amides is 1. The Bertz CT molecular complexity index is 556. The fraction of sp³-hybridized carbons (Fsp3) is 0.733. The molecule has 0 spiro atoms. The number of aliphatic hydroxyl groups is 1. The first-order valence-corrected chi connectivity index (χ1v) is 8.14. The predicted molar refractivity (Wildman–Crippen MR) is 83.9 cm³/mol. The van der Waals surface area contributed by atoms with Gasteiger partial charge >= 0.3 is 0 Å². The van der Waals surface area contributed by atoms with Crippen LogP contribution in [0.4, 0.5) is 0 Å². The summed E-state index contributed by atoms with van der Waals surface area (Å²) >= 11 is 6.10. The van der Waals surface area contributed by atoms with Gasteiger partial charge in [-0.05, 0) is 32.9 Å². The first kappa shape index (κ1) is 15.8. The van der Waals surface area contributed by atoms with Gasteiger partial charge in [-0.15, -0.1) is 0 Å². The van der Waals surface area contributed by atoms with Gasteiger partial charge in [0.05, 0.1) is 17.8 Å². The number of aryl methyl sites for hydroxylation is 1. The molecular formula is C15H23ClN4O2. The number of nitrogens with zero attached hydrogens (tertiary/aromatic N) is 4. The van der Waals surface area contributed by atoms with Gasteiger partial charge in [-0.3, -0.25) is 9.48 Å². The number of halogens is 1. The quantitative estimate of drug-likeness (QED) is 0.880. The number of likely N-dealkylation sites (tertiary alicyclic amines) is 2. The van der Waals surface area contributed by atoms with Crippen molar-refractivity contribution in [2.75, 3.05) is 33.3 Å². The zero-order chi connectivity index (χ0) is 15.9. The SMILES string of the molecule is CN1CCC[C@]2(CO)CCN(C(=O)c3c(Cl)cnn3C)C[C@@H]12. The van der Waals surface area contributed by atoms with Crippen molar-refractivity contribution in [3.05, 3.63) is 16.9 Å². The van der Waals surface area contributed by atoms with Gasteiger partial charge in [0, 0.05) is 31.6 Å². The first-order valence-electron chi connectivity index (χ1n) is 7.76. The number of rotatable bonds is 2. The molecule has 3 heterocycles. The van der Waals surface area contributed by atoms with Crippen molar-refractivity contribution in [2.45, 2.75) is 25.3 Å². The Morgan fingerprint density at radius 2 is 2.23 bits per heavy atom. The van der Waals surface area contributed by atoms with Crippen LogP contribution in [0.1, 0.15) is 29.8 Å². The summed E-state index contributed by atoms with van der Waals surface area (Å²) < 4.78 is 1.53. The van der Waals surface area contributed by atoms with Crippen LogP contribution in [0.5, 0.6) is 0 Å². The number of hydrogen-bond acceptors (Lipinski definition) is 4. The number of carbonyl (C=O) groups excluding carboxylic acids is 1. The van der Waals surface area contributed by atoms with Gasteiger partial charge in [0.2, 0.25) is 0 Å². The van der Waals surface area contributed by atoms with E-state index in [1.54, 1.807) is 7.05 Å². The van der Waals surface area contributed by atoms with Crippen LogP contribution in [0.3, 0.4) is 0 Å². The Labute approximate surface area is 135 Å². The van der Waals surface area contributed by atoms with Crippen LogP contribution < -0.4 is 0 Å². The number of hydrogen-bond donors (Lipinski definition) is 1. The molecule has 2 aliphatic heterocycles. The molecule has 0 bridgehead atoms. The molecule has 6 nitrogen and oxygen atoms in total. The maximum atomic E-state index is 12.8. The zero-order valence-electron chi connectivity index (χ0n) is 13.1. The summed E-state index contributed by atoms with van der Waals surface area (Å²) in [6, 6.07) is 0.205. The summed E-state index contributed by atoms with van der Waals surface area (Å²) in [7, 11) is 3.81. The topological polar surface area (TPSA) is 61.6 Å². The highest BCUT2D eigenvalue weighted by molar-refractivity contribution is 6.33. The molecule has 1 amide bonds. The average Bonchev–Trinajstić information content (AvgIpc) is 2.85. The fourth-order valence-electron chi connectivity index (χ4n) is 4.00. The maximum absolute atomic E-state index is 12.8. The monoisotopic (exact) mass is 326 g/mol. The van der Waals surface area contributed by atoms with E-state index in [4.69, 9.17) is 11.6 Å². The second-order valence-corrected chi connectivity index (χ2v) is 6.99. The number of likely N-dealkylation sites (N-methyl/N-ethyl adjacent to an activating group) is 1. The molecule has 2 aliphatic rings. The van der Waals surface area contributed by atoms with Crippen LogP contribution in [-0.2, 0) is 7.05 Å². The third-order valence-corrected chi connectivity index (χ3v) is 5.67. The van der Waals surface area contributed by atoms with E-state index < -0.39 is 0 Å². The first-order chi connectivity index (χ1) is 10.5. The Morgan fingerprint density at radius 1 is 1.45 bits per heavy atom. The van der Waals surface area contributed by atoms with Crippen LogP contribution in [0.2, 0.25) is 5.02 Å². The van der Waals surface area contributed by atoms with E-state index in [2.05, 4.69) is 17.0 Å². The third-order valence-electron chi connectivity index (χ3n) is 5.40. The van der Waals surface area contributed by atoms with E-state index in [1.165, 1.54) is 10.9 Å².